The minimum absolute atomic E-state index is 0.0274. The second-order valence-corrected chi connectivity index (χ2v) is 5.37. The van der Waals surface area contributed by atoms with Crippen LogP contribution in [0.15, 0.2) is 18.2 Å². The predicted molar refractivity (Wildman–Crippen MR) is 60.5 cm³/mol. The van der Waals surface area contributed by atoms with E-state index in [0.29, 0.717) is 6.54 Å². The Morgan fingerprint density at radius 3 is 2.33 bits per heavy atom. The topological polar surface area (TPSA) is 26.0 Å². The Morgan fingerprint density at radius 2 is 1.89 bits per heavy atom. The van der Waals surface area contributed by atoms with Crippen molar-refractivity contribution < 1.29 is 17.6 Å². The van der Waals surface area contributed by atoms with Gasteiger partial charge in [-0.05, 0) is 47.6 Å². The van der Waals surface area contributed by atoms with Crippen molar-refractivity contribution in [2.45, 2.75) is 25.9 Å². The van der Waals surface area contributed by atoms with Gasteiger partial charge in [-0.3, -0.25) is 0 Å². The normalized spacial score (nSPS) is 26.2. The lowest BCUT2D eigenvalue weighted by Crippen LogP contribution is -2.10. The number of alkyl halides is 3. The molecule has 2 atom stereocenters. The van der Waals surface area contributed by atoms with Crippen molar-refractivity contribution in [3.63, 3.8) is 0 Å². The molecular weight excluding hydrogens is 246 g/mol. The first-order valence-electron chi connectivity index (χ1n) is 5.76. The van der Waals surface area contributed by atoms with E-state index in [-0.39, 0.29) is 22.8 Å². The summed E-state index contributed by atoms with van der Waals surface area (Å²) < 4.78 is 51.9. The van der Waals surface area contributed by atoms with Gasteiger partial charge in [0.05, 0.1) is 5.56 Å². The fraction of sp³-hybridized carbons (Fsp3) is 0.538. The number of hydrogen-bond acceptors (Lipinski definition) is 1. The number of hydrogen-bond donors (Lipinski definition) is 1. The van der Waals surface area contributed by atoms with Gasteiger partial charge in [-0.1, -0.05) is 13.8 Å². The summed E-state index contributed by atoms with van der Waals surface area (Å²) in [5.74, 6) is -0.994. The lowest BCUT2D eigenvalue weighted by Gasteiger charge is -2.14. The fourth-order valence-corrected chi connectivity index (χ4v) is 2.85. The van der Waals surface area contributed by atoms with Crippen LogP contribution in [-0.4, -0.2) is 6.54 Å². The molecule has 1 aliphatic rings. The molecule has 1 fully saturated rings. The molecule has 1 aliphatic carbocycles. The van der Waals surface area contributed by atoms with Gasteiger partial charge in [0.25, 0.3) is 0 Å². The third kappa shape index (κ3) is 2.00. The highest BCUT2D eigenvalue weighted by Crippen LogP contribution is 2.65. The van der Waals surface area contributed by atoms with Crippen molar-refractivity contribution in [3.8, 4) is 0 Å². The number of benzene rings is 1. The zero-order chi connectivity index (χ0) is 13.7. The van der Waals surface area contributed by atoms with Crippen molar-refractivity contribution in [3.05, 3.63) is 35.1 Å². The zero-order valence-corrected chi connectivity index (χ0v) is 10.2. The van der Waals surface area contributed by atoms with E-state index in [1.165, 1.54) is 0 Å². The number of rotatable bonds is 2. The summed E-state index contributed by atoms with van der Waals surface area (Å²) in [6.07, 6.45) is -4.46. The second kappa shape index (κ2) is 3.95. The van der Waals surface area contributed by atoms with Gasteiger partial charge in [-0.15, -0.1) is 0 Å². The Bertz CT molecular complexity index is 465. The third-order valence-electron chi connectivity index (χ3n) is 3.96. The van der Waals surface area contributed by atoms with Crippen molar-refractivity contribution in [2.75, 3.05) is 6.54 Å². The Hall–Kier alpha value is -1.10. The van der Waals surface area contributed by atoms with Crippen LogP contribution >= 0.6 is 0 Å². The van der Waals surface area contributed by atoms with E-state index < -0.39 is 17.6 Å². The Morgan fingerprint density at radius 1 is 1.28 bits per heavy atom. The molecule has 1 saturated carbocycles. The van der Waals surface area contributed by atoms with E-state index >= 15 is 0 Å². The molecule has 18 heavy (non-hydrogen) atoms. The Balaban J connectivity index is 2.48. The van der Waals surface area contributed by atoms with Crippen LogP contribution in [-0.2, 0) is 6.18 Å². The summed E-state index contributed by atoms with van der Waals surface area (Å²) in [5, 5.41) is 0. The molecule has 2 rings (SSSR count). The van der Waals surface area contributed by atoms with Gasteiger partial charge in [0, 0.05) is 0 Å². The van der Waals surface area contributed by atoms with Crippen LogP contribution in [0.1, 0.15) is 30.9 Å². The highest BCUT2D eigenvalue weighted by molar-refractivity contribution is 5.40. The molecule has 0 aliphatic heterocycles. The van der Waals surface area contributed by atoms with Crippen LogP contribution in [0.2, 0.25) is 0 Å². The maximum Gasteiger partial charge on any atom is 0.416 e. The van der Waals surface area contributed by atoms with Gasteiger partial charge in [0.2, 0.25) is 0 Å². The van der Waals surface area contributed by atoms with Crippen molar-refractivity contribution in [2.24, 2.45) is 17.1 Å². The molecular formula is C13H15F4N. The first-order valence-corrected chi connectivity index (χ1v) is 5.76. The highest BCUT2D eigenvalue weighted by atomic mass is 19.4. The van der Waals surface area contributed by atoms with Crippen LogP contribution in [0.4, 0.5) is 17.6 Å². The molecule has 0 spiro atoms. The predicted octanol–water partition coefficient (Wildman–Crippen LogP) is 3.54. The van der Waals surface area contributed by atoms with E-state index in [4.69, 9.17) is 5.73 Å². The molecule has 0 bridgehead atoms. The minimum atomic E-state index is -4.46. The maximum absolute atomic E-state index is 13.2. The first kappa shape index (κ1) is 13.3. The summed E-state index contributed by atoms with van der Waals surface area (Å²) in [5.41, 5.74) is 4.53. The molecule has 0 aromatic heterocycles. The molecule has 1 aromatic carbocycles. The maximum atomic E-state index is 13.2. The van der Waals surface area contributed by atoms with E-state index in [2.05, 4.69) is 0 Å². The van der Waals surface area contributed by atoms with Gasteiger partial charge < -0.3 is 5.73 Å². The lowest BCUT2D eigenvalue weighted by molar-refractivity contribution is -0.138. The molecule has 0 unspecified atom stereocenters. The minimum Gasteiger partial charge on any atom is -0.330 e. The lowest BCUT2D eigenvalue weighted by atomic mass is 9.97. The number of nitrogens with two attached hydrogens (primary N) is 1. The second-order valence-electron chi connectivity index (χ2n) is 5.37. The van der Waals surface area contributed by atoms with Gasteiger partial charge >= 0.3 is 6.18 Å². The smallest absolute Gasteiger partial charge is 0.330 e. The van der Waals surface area contributed by atoms with Crippen LogP contribution in [0.25, 0.3) is 0 Å². The van der Waals surface area contributed by atoms with Gasteiger partial charge in [0.1, 0.15) is 5.82 Å². The van der Waals surface area contributed by atoms with Gasteiger partial charge in [0.15, 0.2) is 0 Å². The summed E-state index contributed by atoms with van der Waals surface area (Å²) in [4.78, 5) is 0. The average molecular weight is 261 g/mol. The summed E-state index contributed by atoms with van der Waals surface area (Å²) >= 11 is 0. The van der Waals surface area contributed by atoms with Crippen LogP contribution in [0.5, 0.6) is 0 Å². The molecule has 100 valence electrons. The van der Waals surface area contributed by atoms with Crippen LogP contribution in [0, 0.1) is 17.2 Å². The highest BCUT2D eigenvalue weighted by Gasteiger charge is 2.59. The molecule has 1 nitrogen and oxygen atoms in total. The molecule has 2 N–H and O–H groups in total. The van der Waals surface area contributed by atoms with E-state index in [0.717, 1.165) is 18.2 Å². The Kier molecular flexibility index (Phi) is 2.93. The molecule has 1 aromatic rings. The molecule has 0 heterocycles. The van der Waals surface area contributed by atoms with Crippen LogP contribution in [0.3, 0.4) is 0 Å². The number of halogens is 4. The molecule has 0 radical (unpaired) electrons. The monoisotopic (exact) mass is 261 g/mol. The SMILES string of the molecule is CC1(C)[C@@H](CN)[C@@H]1c1cc(F)ccc1C(F)(F)F. The summed E-state index contributed by atoms with van der Waals surface area (Å²) in [6.45, 7) is 4.03. The Labute approximate surface area is 103 Å². The van der Waals surface area contributed by atoms with E-state index in [9.17, 15) is 17.6 Å². The average Bonchev–Trinajstić information content (AvgIpc) is 2.78. The van der Waals surface area contributed by atoms with Crippen molar-refractivity contribution in [1.29, 1.82) is 0 Å². The van der Waals surface area contributed by atoms with E-state index in [1.54, 1.807) is 0 Å². The quantitative estimate of drug-likeness (QED) is 0.809. The summed E-state index contributed by atoms with van der Waals surface area (Å²) in [7, 11) is 0. The first-order chi connectivity index (χ1) is 8.19. The zero-order valence-electron chi connectivity index (χ0n) is 10.2. The van der Waals surface area contributed by atoms with Crippen molar-refractivity contribution >= 4 is 0 Å². The largest absolute Gasteiger partial charge is 0.416 e. The molecule has 0 saturated heterocycles. The van der Waals surface area contributed by atoms with Gasteiger partial charge in [-0.25, -0.2) is 4.39 Å². The van der Waals surface area contributed by atoms with E-state index in [1.807, 2.05) is 13.8 Å². The van der Waals surface area contributed by atoms with Gasteiger partial charge in [-0.2, -0.15) is 13.2 Å². The summed E-state index contributed by atoms with van der Waals surface area (Å²) in [6, 6.07) is 2.65. The molecule has 0 amide bonds. The third-order valence-corrected chi connectivity index (χ3v) is 3.96. The standard InChI is InChI=1S/C13H15F4N/c1-12(2)10(6-18)11(12)8-5-7(14)3-4-9(8)13(15,16)17/h3-5,10-11H,6,18H2,1-2H3/t10-,11-/m0/s1. The molecule has 5 heteroatoms. The fourth-order valence-electron chi connectivity index (χ4n) is 2.85. The van der Waals surface area contributed by atoms with Crippen molar-refractivity contribution in [1.82, 2.24) is 0 Å². The van der Waals surface area contributed by atoms with Crippen LogP contribution < -0.4 is 5.73 Å².